The normalized spacial score (nSPS) is 18.7. The van der Waals surface area contributed by atoms with Crippen molar-refractivity contribution in [2.24, 2.45) is 0 Å². The molecule has 4 nitrogen and oxygen atoms in total. The van der Waals surface area contributed by atoms with E-state index in [2.05, 4.69) is 45.2 Å². The number of hydrogen-bond donors (Lipinski definition) is 1. The Hall–Kier alpha value is -1.98. The van der Waals surface area contributed by atoms with Gasteiger partial charge in [0.05, 0.1) is 12.1 Å². The van der Waals surface area contributed by atoms with E-state index in [1.54, 1.807) is 0 Å². The van der Waals surface area contributed by atoms with Crippen molar-refractivity contribution >= 4 is 21.6 Å². The lowest BCUT2D eigenvalue weighted by atomic mass is 10.0. The highest BCUT2D eigenvalue weighted by atomic mass is 32.1. The third-order valence-corrected chi connectivity index (χ3v) is 5.43. The van der Waals surface area contributed by atoms with Crippen molar-refractivity contribution in [3.05, 3.63) is 63.5 Å². The number of aromatic nitrogens is 2. The molecule has 4 rings (SSSR count). The van der Waals surface area contributed by atoms with Crippen molar-refractivity contribution < 1.29 is 0 Å². The van der Waals surface area contributed by atoms with E-state index in [1.165, 1.54) is 29.7 Å². The SMILES string of the molecule is O=c1[nH]c(CN2CCCC2Cc2ccccc2)nc2ccsc12. The van der Waals surface area contributed by atoms with Gasteiger partial charge in [0.2, 0.25) is 0 Å². The van der Waals surface area contributed by atoms with Crippen LogP contribution in [0.4, 0.5) is 0 Å². The molecule has 2 aromatic heterocycles. The molecule has 0 aliphatic carbocycles. The lowest BCUT2D eigenvalue weighted by molar-refractivity contribution is 0.238. The number of fused-ring (bicyclic) bond motifs is 1. The molecule has 0 saturated carbocycles. The van der Waals surface area contributed by atoms with Crippen LogP contribution in [-0.2, 0) is 13.0 Å². The van der Waals surface area contributed by atoms with Gasteiger partial charge in [-0.1, -0.05) is 30.3 Å². The highest BCUT2D eigenvalue weighted by molar-refractivity contribution is 7.17. The van der Waals surface area contributed by atoms with Crippen LogP contribution in [0, 0.1) is 0 Å². The van der Waals surface area contributed by atoms with Crippen LogP contribution in [-0.4, -0.2) is 27.5 Å². The Morgan fingerprint density at radius 1 is 1.26 bits per heavy atom. The standard InChI is InChI=1S/C18H19N3OS/c22-18-17-15(8-10-23-17)19-16(20-18)12-21-9-4-7-14(21)11-13-5-2-1-3-6-13/h1-3,5-6,8,10,14H,4,7,9,11-12H2,(H,19,20,22). The Labute approximate surface area is 138 Å². The molecule has 0 radical (unpaired) electrons. The van der Waals surface area contributed by atoms with Gasteiger partial charge in [0.15, 0.2) is 0 Å². The molecule has 1 aromatic carbocycles. The van der Waals surface area contributed by atoms with Crippen LogP contribution in [0.25, 0.3) is 10.2 Å². The molecule has 1 atom stereocenters. The zero-order valence-corrected chi connectivity index (χ0v) is 13.7. The third-order valence-electron chi connectivity index (χ3n) is 4.53. The fraction of sp³-hybridized carbons (Fsp3) is 0.333. The third kappa shape index (κ3) is 3.07. The van der Waals surface area contributed by atoms with Gasteiger partial charge in [-0.25, -0.2) is 4.98 Å². The van der Waals surface area contributed by atoms with Crippen LogP contribution < -0.4 is 5.56 Å². The molecule has 1 unspecified atom stereocenters. The van der Waals surface area contributed by atoms with Crippen molar-refractivity contribution in [1.29, 1.82) is 0 Å². The summed E-state index contributed by atoms with van der Waals surface area (Å²) in [4.78, 5) is 22.1. The van der Waals surface area contributed by atoms with Crippen molar-refractivity contribution in [1.82, 2.24) is 14.9 Å². The maximum atomic E-state index is 12.1. The predicted molar refractivity (Wildman–Crippen MR) is 93.8 cm³/mol. The average molecular weight is 325 g/mol. The molecule has 1 saturated heterocycles. The van der Waals surface area contributed by atoms with Gasteiger partial charge in [0, 0.05) is 6.04 Å². The summed E-state index contributed by atoms with van der Waals surface area (Å²) in [6.07, 6.45) is 3.48. The molecule has 1 aliphatic rings. The maximum absolute atomic E-state index is 12.1. The Bertz CT molecular complexity index is 855. The lowest BCUT2D eigenvalue weighted by Gasteiger charge is -2.24. The van der Waals surface area contributed by atoms with Crippen LogP contribution in [0.3, 0.4) is 0 Å². The summed E-state index contributed by atoms with van der Waals surface area (Å²) < 4.78 is 0.719. The van der Waals surface area contributed by atoms with Gasteiger partial charge in [-0.3, -0.25) is 9.69 Å². The quantitative estimate of drug-likeness (QED) is 0.801. The first kappa shape index (κ1) is 14.6. The zero-order valence-electron chi connectivity index (χ0n) is 12.9. The van der Waals surface area contributed by atoms with E-state index in [9.17, 15) is 4.79 Å². The zero-order chi connectivity index (χ0) is 15.6. The maximum Gasteiger partial charge on any atom is 0.268 e. The van der Waals surface area contributed by atoms with E-state index in [0.29, 0.717) is 6.04 Å². The number of nitrogens with one attached hydrogen (secondary N) is 1. The minimum Gasteiger partial charge on any atom is -0.308 e. The molecule has 3 heterocycles. The summed E-state index contributed by atoms with van der Waals surface area (Å²) >= 11 is 1.45. The van der Waals surface area contributed by atoms with E-state index in [4.69, 9.17) is 0 Å². The second-order valence-corrected chi connectivity index (χ2v) is 7.02. The average Bonchev–Trinajstić information content (AvgIpc) is 3.19. The molecular weight excluding hydrogens is 306 g/mol. The van der Waals surface area contributed by atoms with Gasteiger partial charge in [-0.2, -0.15) is 0 Å². The Balaban J connectivity index is 1.53. The second-order valence-electron chi connectivity index (χ2n) is 6.10. The van der Waals surface area contributed by atoms with Gasteiger partial charge >= 0.3 is 0 Å². The summed E-state index contributed by atoms with van der Waals surface area (Å²) in [6.45, 7) is 1.79. The molecule has 1 fully saturated rings. The molecule has 118 valence electrons. The first-order valence-electron chi connectivity index (χ1n) is 8.04. The van der Waals surface area contributed by atoms with Crippen LogP contribution in [0.2, 0.25) is 0 Å². The first-order chi connectivity index (χ1) is 11.3. The number of nitrogens with zero attached hydrogens (tertiary/aromatic N) is 2. The minimum atomic E-state index is -0.0150. The molecule has 1 N–H and O–H groups in total. The monoisotopic (exact) mass is 325 g/mol. The first-order valence-corrected chi connectivity index (χ1v) is 8.92. The van der Waals surface area contributed by atoms with Crippen molar-refractivity contribution in [2.45, 2.75) is 31.8 Å². The Morgan fingerprint density at radius 2 is 2.13 bits per heavy atom. The van der Waals surface area contributed by atoms with Gasteiger partial charge < -0.3 is 4.98 Å². The number of likely N-dealkylation sites (tertiary alicyclic amines) is 1. The van der Waals surface area contributed by atoms with E-state index >= 15 is 0 Å². The highest BCUT2D eigenvalue weighted by Gasteiger charge is 2.25. The number of H-pyrrole nitrogens is 1. The van der Waals surface area contributed by atoms with Crippen molar-refractivity contribution in [2.75, 3.05) is 6.54 Å². The molecule has 0 bridgehead atoms. The van der Waals surface area contributed by atoms with Crippen LogP contribution >= 0.6 is 11.3 Å². The molecule has 1 aliphatic heterocycles. The summed E-state index contributed by atoms with van der Waals surface area (Å²) in [5, 5.41) is 1.92. The summed E-state index contributed by atoms with van der Waals surface area (Å²) in [7, 11) is 0. The van der Waals surface area contributed by atoms with Crippen molar-refractivity contribution in [3.8, 4) is 0 Å². The number of benzene rings is 1. The fourth-order valence-corrected chi connectivity index (χ4v) is 4.14. The van der Waals surface area contributed by atoms with Gasteiger partial charge in [-0.15, -0.1) is 11.3 Å². The topological polar surface area (TPSA) is 49.0 Å². The largest absolute Gasteiger partial charge is 0.308 e. The Kier molecular flexibility index (Phi) is 3.97. The Morgan fingerprint density at radius 3 is 3.00 bits per heavy atom. The van der Waals surface area contributed by atoms with Crippen LogP contribution in [0.15, 0.2) is 46.6 Å². The van der Waals surface area contributed by atoms with E-state index in [0.717, 1.165) is 35.6 Å². The number of aromatic amines is 1. The number of rotatable bonds is 4. The van der Waals surface area contributed by atoms with Crippen LogP contribution in [0.5, 0.6) is 0 Å². The smallest absolute Gasteiger partial charge is 0.268 e. The van der Waals surface area contributed by atoms with E-state index in [-0.39, 0.29) is 5.56 Å². The minimum absolute atomic E-state index is 0.0150. The van der Waals surface area contributed by atoms with Crippen LogP contribution in [0.1, 0.15) is 24.2 Å². The molecule has 3 aromatic rings. The number of hydrogen-bond acceptors (Lipinski definition) is 4. The van der Waals surface area contributed by atoms with Gasteiger partial charge in [0.1, 0.15) is 10.5 Å². The molecule has 23 heavy (non-hydrogen) atoms. The van der Waals surface area contributed by atoms with Gasteiger partial charge in [0.25, 0.3) is 5.56 Å². The highest BCUT2D eigenvalue weighted by Crippen LogP contribution is 2.23. The molecule has 5 heteroatoms. The number of thiophene rings is 1. The fourth-order valence-electron chi connectivity index (χ4n) is 3.41. The summed E-state index contributed by atoms with van der Waals surface area (Å²) in [6, 6.07) is 13.1. The lowest BCUT2D eigenvalue weighted by Crippen LogP contribution is -2.32. The molecular formula is C18H19N3OS. The summed E-state index contributed by atoms with van der Waals surface area (Å²) in [5.41, 5.74) is 2.17. The summed E-state index contributed by atoms with van der Waals surface area (Å²) in [5.74, 6) is 0.779. The van der Waals surface area contributed by atoms with E-state index in [1.807, 2.05) is 11.4 Å². The molecule has 0 spiro atoms. The second kappa shape index (κ2) is 6.26. The van der Waals surface area contributed by atoms with Crippen molar-refractivity contribution in [3.63, 3.8) is 0 Å². The molecule has 0 amide bonds. The van der Waals surface area contributed by atoms with Gasteiger partial charge in [-0.05, 0) is 42.8 Å². The predicted octanol–water partition coefficient (Wildman–Crippen LogP) is 3.19. The van der Waals surface area contributed by atoms with E-state index < -0.39 is 0 Å².